The molecule has 4 unspecified atom stereocenters. The zero-order chi connectivity index (χ0) is 39.5. The maximum absolute atomic E-state index is 13.9. The molecule has 0 aliphatic carbocycles. The topological polar surface area (TPSA) is 140 Å². The molecule has 5 amide bonds. The third-order valence-corrected chi connectivity index (χ3v) is 12.0. The highest BCUT2D eigenvalue weighted by atomic mass is 16.2. The van der Waals surface area contributed by atoms with E-state index in [0.717, 1.165) is 57.9 Å². The van der Waals surface area contributed by atoms with Crippen LogP contribution in [0, 0.1) is 0 Å². The van der Waals surface area contributed by atoms with Crippen molar-refractivity contribution in [1.82, 2.24) is 31.1 Å². The molecule has 11 heteroatoms. The Bertz CT molecular complexity index is 1110. The van der Waals surface area contributed by atoms with Gasteiger partial charge < -0.3 is 31.1 Å². The smallest absolute Gasteiger partial charge is 0.246 e. The van der Waals surface area contributed by atoms with Crippen molar-refractivity contribution in [3.8, 4) is 0 Å². The second kappa shape index (κ2) is 28.7. The van der Waals surface area contributed by atoms with Crippen LogP contribution < -0.4 is 21.3 Å². The Morgan fingerprint density at radius 3 is 1.60 bits per heavy atom. The van der Waals surface area contributed by atoms with Crippen molar-refractivity contribution in [3.63, 3.8) is 0 Å². The van der Waals surface area contributed by atoms with Crippen LogP contribution in [0.1, 0.15) is 194 Å². The standard InChI is InChI=1S/C44H80N6O5/c1-3-5-7-9-11-13-15-17-19-21-31-46-40(51)30-29-36(41(52)47-32-22-20-18-16-14-12-10-8-6-4-2)48-42(53)38-27-24-34-49(38)44(55)39-28-25-35-50(39)43(54)37-26-23-33-45-37/h36-39,45H,3-35H2,1-2H3,(H,46,51)(H,47,52)(H,48,53). The van der Waals surface area contributed by atoms with Crippen LogP contribution in [-0.4, -0.2) is 96.2 Å². The number of hydrogen-bond donors (Lipinski definition) is 4. The van der Waals surface area contributed by atoms with Gasteiger partial charge in [-0.05, 0) is 64.3 Å². The molecule has 0 aromatic carbocycles. The SMILES string of the molecule is CCCCCCCCCCCCNC(=O)CCC(NC(=O)C1CCCN1C(=O)C1CCCN1C(=O)C1CCCN1)C(=O)NCCCCCCCCCCCC. The largest absolute Gasteiger partial charge is 0.356 e. The van der Waals surface area contributed by atoms with E-state index in [4.69, 9.17) is 0 Å². The predicted molar refractivity (Wildman–Crippen MR) is 221 cm³/mol. The molecular weight excluding hydrogens is 693 g/mol. The third-order valence-electron chi connectivity index (χ3n) is 12.0. The van der Waals surface area contributed by atoms with Gasteiger partial charge in [0.25, 0.3) is 0 Å². The summed E-state index contributed by atoms with van der Waals surface area (Å²) < 4.78 is 0. The monoisotopic (exact) mass is 773 g/mol. The number of carbonyl (C=O) groups is 5. The van der Waals surface area contributed by atoms with Crippen LogP contribution in [0.25, 0.3) is 0 Å². The number of amides is 5. The molecular formula is C44H80N6O5. The van der Waals surface area contributed by atoms with Crippen molar-refractivity contribution < 1.29 is 24.0 Å². The van der Waals surface area contributed by atoms with E-state index in [9.17, 15) is 24.0 Å². The second-order valence-corrected chi connectivity index (χ2v) is 16.6. The van der Waals surface area contributed by atoms with Crippen molar-refractivity contribution >= 4 is 29.5 Å². The molecule has 0 spiro atoms. The fourth-order valence-electron chi connectivity index (χ4n) is 8.57. The summed E-state index contributed by atoms with van der Waals surface area (Å²) in [5.41, 5.74) is 0. The Balaban J connectivity index is 1.47. The predicted octanol–water partition coefficient (Wildman–Crippen LogP) is 7.06. The van der Waals surface area contributed by atoms with Crippen molar-refractivity contribution in [3.05, 3.63) is 0 Å². The summed E-state index contributed by atoms with van der Waals surface area (Å²) in [5.74, 6) is -0.935. The van der Waals surface area contributed by atoms with Crippen molar-refractivity contribution in [2.45, 2.75) is 218 Å². The zero-order valence-electron chi connectivity index (χ0n) is 35.1. The lowest BCUT2D eigenvalue weighted by atomic mass is 10.1. The molecule has 4 N–H and O–H groups in total. The number of carbonyl (C=O) groups excluding carboxylic acids is 5. The van der Waals surface area contributed by atoms with Gasteiger partial charge in [0.15, 0.2) is 0 Å². The molecule has 3 heterocycles. The van der Waals surface area contributed by atoms with E-state index in [1.165, 1.54) is 96.3 Å². The molecule has 11 nitrogen and oxygen atoms in total. The number of rotatable bonds is 30. The van der Waals surface area contributed by atoms with E-state index in [0.29, 0.717) is 45.4 Å². The highest BCUT2D eigenvalue weighted by Gasteiger charge is 2.44. The summed E-state index contributed by atoms with van der Waals surface area (Å²) in [6, 6.07) is -2.35. The van der Waals surface area contributed by atoms with Crippen molar-refractivity contribution in [2.75, 3.05) is 32.7 Å². The van der Waals surface area contributed by atoms with Crippen LogP contribution in [0.15, 0.2) is 0 Å². The molecule has 0 radical (unpaired) electrons. The summed E-state index contributed by atoms with van der Waals surface area (Å²) in [4.78, 5) is 70.7. The van der Waals surface area contributed by atoms with Crippen LogP contribution in [0.4, 0.5) is 0 Å². The van der Waals surface area contributed by atoms with Crippen LogP contribution in [0.2, 0.25) is 0 Å². The van der Waals surface area contributed by atoms with Gasteiger partial charge >= 0.3 is 0 Å². The van der Waals surface area contributed by atoms with Gasteiger partial charge in [-0.1, -0.05) is 129 Å². The molecule has 3 rings (SSSR count). The second-order valence-electron chi connectivity index (χ2n) is 16.6. The molecule has 0 bridgehead atoms. The first kappa shape index (κ1) is 46.7. The van der Waals surface area contributed by atoms with Gasteiger partial charge in [-0.25, -0.2) is 0 Å². The van der Waals surface area contributed by atoms with Gasteiger partial charge in [0, 0.05) is 32.6 Å². The molecule has 4 atom stereocenters. The molecule has 0 saturated carbocycles. The van der Waals surface area contributed by atoms with Gasteiger partial charge in [-0.2, -0.15) is 0 Å². The van der Waals surface area contributed by atoms with Gasteiger partial charge in [0.1, 0.15) is 18.1 Å². The van der Waals surface area contributed by atoms with Crippen LogP contribution in [0.3, 0.4) is 0 Å². The van der Waals surface area contributed by atoms with Crippen LogP contribution in [-0.2, 0) is 24.0 Å². The van der Waals surface area contributed by atoms with E-state index in [1.807, 2.05) is 0 Å². The molecule has 3 aliphatic heterocycles. The van der Waals surface area contributed by atoms with E-state index in [1.54, 1.807) is 9.80 Å². The minimum absolute atomic E-state index is 0.0147. The lowest BCUT2D eigenvalue weighted by molar-refractivity contribution is -0.147. The Morgan fingerprint density at radius 1 is 0.582 bits per heavy atom. The van der Waals surface area contributed by atoms with Gasteiger partial charge in [0.2, 0.25) is 29.5 Å². The fraction of sp³-hybridized carbons (Fsp3) is 0.886. The molecule has 0 aromatic heterocycles. The summed E-state index contributed by atoms with van der Waals surface area (Å²) in [6.07, 6.45) is 29.0. The molecule has 3 aliphatic rings. The first-order valence-electron chi connectivity index (χ1n) is 23.1. The van der Waals surface area contributed by atoms with Gasteiger partial charge in [-0.15, -0.1) is 0 Å². The average molecular weight is 773 g/mol. The minimum atomic E-state index is -0.866. The number of nitrogens with one attached hydrogen (secondary N) is 4. The Hall–Kier alpha value is -2.69. The normalized spacial score (nSPS) is 20.1. The summed E-state index contributed by atoms with van der Waals surface area (Å²) in [7, 11) is 0. The number of nitrogens with zero attached hydrogens (tertiary/aromatic N) is 2. The summed E-state index contributed by atoms with van der Waals surface area (Å²) in [6.45, 7) is 7.45. The Morgan fingerprint density at radius 2 is 1.07 bits per heavy atom. The molecule has 3 saturated heterocycles. The number of hydrogen-bond acceptors (Lipinski definition) is 6. The van der Waals surface area contributed by atoms with Crippen molar-refractivity contribution in [2.24, 2.45) is 0 Å². The van der Waals surface area contributed by atoms with Gasteiger partial charge in [0.05, 0.1) is 6.04 Å². The Kier molecular flexibility index (Phi) is 24.3. The number of unbranched alkanes of at least 4 members (excludes halogenated alkanes) is 18. The first-order valence-corrected chi connectivity index (χ1v) is 23.1. The lowest BCUT2D eigenvalue weighted by Crippen LogP contribution is -2.57. The quantitative estimate of drug-likeness (QED) is 0.0577. The highest BCUT2D eigenvalue weighted by molar-refractivity contribution is 5.95. The maximum Gasteiger partial charge on any atom is 0.246 e. The summed E-state index contributed by atoms with van der Waals surface area (Å²) in [5, 5.41) is 12.3. The van der Waals surface area contributed by atoms with Gasteiger partial charge in [-0.3, -0.25) is 24.0 Å². The molecule has 0 aromatic rings. The first-order chi connectivity index (χ1) is 26.9. The van der Waals surface area contributed by atoms with Crippen molar-refractivity contribution in [1.29, 1.82) is 0 Å². The lowest BCUT2D eigenvalue weighted by Gasteiger charge is -2.32. The number of likely N-dealkylation sites (tertiary alicyclic amines) is 2. The van der Waals surface area contributed by atoms with E-state index in [2.05, 4.69) is 35.1 Å². The van der Waals surface area contributed by atoms with Crippen LogP contribution in [0.5, 0.6) is 0 Å². The molecule has 55 heavy (non-hydrogen) atoms. The van der Waals surface area contributed by atoms with E-state index >= 15 is 0 Å². The molecule has 316 valence electrons. The third kappa shape index (κ3) is 18.0. The minimum Gasteiger partial charge on any atom is -0.356 e. The maximum atomic E-state index is 13.9. The van der Waals surface area contributed by atoms with Crippen LogP contribution >= 0.6 is 0 Å². The summed E-state index contributed by atoms with van der Waals surface area (Å²) >= 11 is 0. The zero-order valence-corrected chi connectivity index (χ0v) is 35.1. The average Bonchev–Trinajstić information content (AvgIpc) is 4.00. The Labute approximate surface area is 334 Å². The van der Waals surface area contributed by atoms with E-state index < -0.39 is 18.1 Å². The highest BCUT2D eigenvalue weighted by Crippen LogP contribution is 2.27. The van der Waals surface area contributed by atoms with E-state index in [-0.39, 0.29) is 48.4 Å². The fourth-order valence-corrected chi connectivity index (χ4v) is 8.57. The molecule has 3 fully saturated rings.